The number of amides is 1. The van der Waals surface area contributed by atoms with Gasteiger partial charge in [-0.05, 0) is 57.6 Å². The fourth-order valence-corrected chi connectivity index (χ4v) is 5.94. The molecule has 0 aromatic carbocycles. The summed E-state index contributed by atoms with van der Waals surface area (Å²) in [5.41, 5.74) is 0.168. The minimum atomic E-state index is -2.82. The van der Waals surface area contributed by atoms with E-state index < -0.39 is 18.0 Å². The molecule has 5 rings (SSSR count). The number of alkyl halides is 2. The first-order chi connectivity index (χ1) is 20.9. The van der Waals surface area contributed by atoms with Crippen LogP contribution in [0.5, 0.6) is 0 Å². The fourth-order valence-electron chi connectivity index (χ4n) is 5.94. The van der Waals surface area contributed by atoms with Gasteiger partial charge in [0, 0.05) is 51.8 Å². The van der Waals surface area contributed by atoms with Gasteiger partial charge in [-0.25, -0.2) is 18.3 Å². The Morgan fingerprint density at radius 2 is 1.95 bits per heavy atom. The predicted octanol–water partition coefficient (Wildman–Crippen LogP) is 4.82. The summed E-state index contributed by atoms with van der Waals surface area (Å²) in [5, 5.41) is 11.1. The number of fused-ring (bicyclic) bond motifs is 1. The number of morpholine rings is 1. The van der Waals surface area contributed by atoms with Crippen LogP contribution in [0.2, 0.25) is 0 Å². The first-order valence-electron chi connectivity index (χ1n) is 15.5. The molecular weight excluding hydrogens is 558 g/mol. The van der Waals surface area contributed by atoms with Crippen LogP contribution in [-0.2, 0) is 9.47 Å². The Morgan fingerprint density at radius 1 is 1.19 bits per heavy atom. The highest BCUT2D eigenvalue weighted by Crippen LogP contribution is 2.35. The number of unbranched alkanes of at least 4 members (excludes halogenated alkanes) is 1. The normalized spacial score (nSPS) is 19.5. The Hall–Kier alpha value is -3.16. The van der Waals surface area contributed by atoms with E-state index in [1.165, 1.54) is 10.7 Å². The molecule has 0 unspecified atom stereocenters. The van der Waals surface area contributed by atoms with Gasteiger partial charge in [0.2, 0.25) is 0 Å². The van der Waals surface area contributed by atoms with Crippen molar-refractivity contribution in [3.63, 3.8) is 0 Å². The SMILES string of the molecule is CCCCOCCCN(C)CC1CCC(n2cc(NC(=O)c3cnn4ccc(N5CCOCC5)nc34)c(C(F)F)n2)CC1. The Bertz CT molecular complexity index is 1320. The maximum Gasteiger partial charge on any atom is 0.284 e. The van der Waals surface area contributed by atoms with Crippen LogP contribution in [0.4, 0.5) is 20.3 Å². The average molecular weight is 603 g/mol. The van der Waals surface area contributed by atoms with E-state index in [-0.39, 0.29) is 17.3 Å². The van der Waals surface area contributed by atoms with Crippen molar-refractivity contribution >= 4 is 23.1 Å². The molecule has 1 aliphatic carbocycles. The van der Waals surface area contributed by atoms with Gasteiger partial charge in [0.1, 0.15) is 11.4 Å². The number of hydrogen-bond acceptors (Lipinski definition) is 8. The molecule has 0 atom stereocenters. The molecule has 236 valence electrons. The van der Waals surface area contributed by atoms with Gasteiger partial charge in [0.25, 0.3) is 12.3 Å². The van der Waals surface area contributed by atoms with Crippen LogP contribution in [0, 0.1) is 5.92 Å². The van der Waals surface area contributed by atoms with Gasteiger partial charge in [-0.3, -0.25) is 9.48 Å². The van der Waals surface area contributed by atoms with Crippen LogP contribution in [0.25, 0.3) is 5.65 Å². The smallest absolute Gasteiger partial charge is 0.284 e. The number of ether oxygens (including phenoxy) is 2. The molecule has 0 spiro atoms. The lowest BCUT2D eigenvalue weighted by molar-refractivity contribution is 0.102. The monoisotopic (exact) mass is 602 g/mol. The average Bonchev–Trinajstić information content (AvgIpc) is 3.64. The third-order valence-corrected chi connectivity index (χ3v) is 8.38. The lowest BCUT2D eigenvalue weighted by Gasteiger charge is -2.31. The van der Waals surface area contributed by atoms with Crippen molar-refractivity contribution in [2.24, 2.45) is 5.92 Å². The third-order valence-electron chi connectivity index (χ3n) is 8.38. The topological polar surface area (TPSA) is 102 Å². The molecule has 4 heterocycles. The van der Waals surface area contributed by atoms with E-state index in [9.17, 15) is 13.6 Å². The number of carbonyl (C=O) groups is 1. The standard InChI is InChI=1S/C30H44F2N8O3/c1-3-4-15-42-16-5-11-37(2)20-22-6-8-23(9-7-22)40-21-25(27(36-40)28(31)32)34-30(41)24-19-33-39-12-10-26(35-29(24)39)38-13-17-43-18-14-38/h10,12,19,21-23,28H,3-9,11,13-18,20H2,1-2H3,(H,34,41). The summed E-state index contributed by atoms with van der Waals surface area (Å²) in [7, 11) is 2.15. The minimum Gasteiger partial charge on any atom is -0.381 e. The van der Waals surface area contributed by atoms with E-state index >= 15 is 0 Å². The van der Waals surface area contributed by atoms with Gasteiger partial charge in [-0.1, -0.05) is 13.3 Å². The Labute approximate surface area is 251 Å². The zero-order valence-corrected chi connectivity index (χ0v) is 25.3. The fraction of sp³-hybridized carbons (Fsp3) is 0.667. The summed E-state index contributed by atoms with van der Waals surface area (Å²) in [6.45, 7) is 8.42. The molecule has 0 bridgehead atoms. The highest BCUT2D eigenvalue weighted by atomic mass is 19.3. The van der Waals surface area contributed by atoms with E-state index in [0.717, 1.165) is 71.2 Å². The maximum atomic E-state index is 14.0. The van der Waals surface area contributed by atoms with Crippen molar-refractivity contribution in [1.29, 1.82) is 0 Å². The Morgan fingerprint density at radius 3 is 2.70 bits per heavy atom. The molecule has 3 aromatic heterocycles. The Balaban J connectivity index is 1.18. The van der Waals surface area contributed by atoms with Crippen LogP contribution in [-0.4, -0.2) is 94.8 Å². The van der Waals surface area contributed by atoms with Crippen LogP contribution < -0.4 is 10.2 Å². The van der Waals surface area contributed by atoms with Crippen LogP contribution in [0.3, 0.4) is 0 Å². The molecule has 1 aliphatic heterocycles. The van der Waals surface area contributed by atoms with Crippen LogP contribution in [0.15, 0.2) is 24.7 Å². The molecule has 43 heavy (non-hydrogen) atoms. The summed E-state index contributed by atoms with van der Waals surface area (Å²) in [5.74, 6) is 0.729. The molecule has 13 heteroatoms. The molecule has 1 saturated carbocycles. The second kappa shape index (κ2) is 15.0. The summed E-state index contributed by atoms with van der Waals surface area (Å²) in [4.78, 5) is 22.4. The van der Waals surface area contributed by atoms with E-state index in [1.54, 1.807) is 17.1 Å². The number of hydrogen-bond donors (Lipinski definition) is 1. The number of carbonyl (C=O) groups excluding carboxylic acids is 1. The van der Waals surface area contributed by atoms with E-state index in [0.29, 0.717) is 43.7 Å². The number of rotatable bonds is 14. The molecule has 0 radical (unpaired) electrons. The lowest BCUT2D eigenvalue weighted by atomic mass is 9.86. The Kier molecular flexibility index (Phi) is 10.9. The highest BCUT2D eigenvalue weighted by Gasteiger charge is 2.28. The van der Waals surface area contributed by atoms with Crippen molar-refractivity contribution in [3.8, 4) is 0 Å². The summed E-state index contributed by atoms with van der Waals surface area (Å²) in [6, 6.07) is 1.86. The van der Waals surface area contributed by atoms with Crippen molar-refractivity contribution in [1.82, 2.24) is 29.3 Å². The van der Waals surface area contributed by atoms with Gasteiger partial charge in [0.15, 0.2) is 11.3 Å². The van der Waals surface area contributed by atoms with E-state index in [4.69, 9.17) is 9.47 Å². The number of nitrogens with zero attached hydrogens (tertiary/aromatic N) is 7. The first kappa shape index (κ1) is 31.3. The first-order valence-corrected chi connectivity index (χ1v) is 15.5. The van der Waals surface area contributed by atoms with Crippen LogP contribution >= 0.6 is 0 Å². The molecule has 3 aromatic rings. The zero-order valence-electron chi connectivity index (χ0n) is 25.3. The van der Waals surface area contributed by atoms with Gasteiger partial charge >= 0.3 is 0 Å². The molecule has 1 saturated heterocycles. The molecule has 1 N–H and O–H groups in total. The number of aromatic nitrogens is 5. The van der Waals surface area contributed by atoms with Crippen LogP contribution in [0.1, 0.15) is 80.4 Å². The zero-order chi connectivity index (χ0) is 30.2. The van der Waals surface area contributed by atoms with Gasteiger partial charge < -0.3 is 24.6 Å². The highest BCUT2D eigenvalue weighted by molar-refractivity contribution is 6.08. The molecular formula is C30H44F2N8O3. The largest absolute Gasteiger partial charge is 0.381 e. The van der Waals surface area contributed by atoms with Gasteiger partial charge in [-0.15, -0.1) is 0 Å². The molecule has 2 fully saturated rings. The quantitative estimate of drug-likeness (QED) is 0.262. The number of anilines is 2. The van der Waals surface area contributed by atoms with Crippen molar-refractivity contribution < 1.29 is 23.0 Å². The molecule has 11 nitrogen and oxygen atoms in total. The minimum absolute atomic E-state index is 0.0198. The maximum absolute atomic E-state index is 14.0. The molecule has 1 amide bonds. The van der Waals surface area contributed by atoms with Gasteiger partial charge in [-0.2, -0.15) is 10.2 Å². The van der Waals surface area contributed by atoms with E-state index in [1.807, 2.05) is 6.07 Å². The summed E-state index contributed by atoms with van der Waals surface area (Å²) in [6.07, 6.45) is 8.89. The van der Waals surface area contributed by atoms with Gasteiger partial charge in [0.05, 0.1) is 31.1 Å². The predicted molar refractivity (Wildman–Crippen MR) is 160 cm³/mol. The second-order valence-corrected chi connectivity index (χ2v) is 11.6. The van der Waals surface area contributed by atoms with Crippen molar-refractivity contribution in [3.05, 3.63) is 35.9 Å². The summed E-state index contributed by atoms with van der Waals surface area (Å²) < 4.78 is 42.3. The van der Waals surface area contributed by atoms with E-state index in [2.05, 4.69) is 44.3 Å². The third kappa shape index (κ3) is 8.07. The van der Waals surface area contributed by atoms with Crippen molar-refractivity contribution in [2.45, 2.75) is 64.3 Å². The molecule has 2 aliphatic rings. The number of halogens is 2. The lowest BCUT2D eigenvalue weighted by Crippen LogP contribution is -2.36. The summed E-state index contributed by atoms with van der Waals surface area (Å²) >= 11 is 0. The number of nitrogens with one attached hydrogen (secondary N) is 1. The second-order valence-electron chi connectivity index (χ2n) is 11.6. The van der Waals surface area contributed by atoms with Crippen molar-refractivity contribution in [2.75, 3.05) is 69.9 Å².